The molecule has 0 aliphatic carbocycles. The van der Waals surface area contributed by atoms with E-state index in [2.05, 4.69) is 19.1 Å². The lowest BCUT2D eigenvalue weighted by molar-refractivity contribution is -0.138. The van der Waals surface area contributed by atoms with Gasteiger partial charge in [-0.2, -0.15) is 0 Å². The van der Waals surface area contributed by atoms with Crippen molar-refractivity contribution in [3.05, 3.63) is 58.1 Å². The molecule has 0 atom stereocenters. The number of aliphatic carboxylic acids is 1. The Kier molecular flexibility index (Phi) is 5.70. The van der Waals surface area contributed by atoms with E-state index in [-0.39, 0.29) is 12.0 Å². The van der Waals surface area contributed by atoms with Crippen LogP contribution in [-0.4, -0.2) is 42.2 Å². The first-order valence-corrected chi connectivity index (χ1v) is 10.5. The predicted molar refractivity (Wildman–Crippen MR) is 112 cm³/mol. The number of aryl methyl sites for hydroxylation is 1. The van der Waals surface area contributed by atoms with Crippen LogP contribution < -0.4 is 9.47 Å². The molecular formula is C23H26ClNO4. The second-order valence-electron chi connectivity index (χ2n) is 7.92. The van der Waals surface area contributed by atoms with E-state index in [9.17, 15) is 4.79 Å². The highest BCUT2D eigenvalue weighted by Crippen LogP contribution is 2.46. The lowest BCUT2D eigenvalue weighted by Gasteiger charge is -2.37. The Morgan fingerprint density at radius 3 is 2.79 bits per heavy atom. The Bertz CT molecular complexity index is 906. The minimum absolute atomic E-state index is 0.0129. The van der Waals surface area contributed by atoms with Crippen LogP contribution in [0.3, 0.4) is 0 Å². The highest BCUT2D eigenvalue weighted by molar-refractivity contribution is 6.31. The van der Waals surface area contributed by atoms with Crippen molar-refractivity contribution in [3.8, 4) is 11.5 Å². The minimum atomic E-state index is -0.768. The summed E-state index contributed by atoms with van der Waals surface area (Å²) in [5, 5.41) is 9.74. The largest absolute Gasteiger partial charge is 0.492 e. The number of fused-ring (bicyclic) bond motifs is 2. The molecular weight excluding hydrogens is 390 g/mol. The van der Waals surface area contributed by atoms with Crippen LogP contribution in [-0.2, 0) is 23.2 Å². The Labute approximate surface area is 176 Å². The van der Waals surface area contributed by atoms with Gasteiger partial charge in [0.2, 0.25) is 0 Å². The van der Waals surface area contributed by atoms with Crippen LogP contribution in [0.4, 0.5) is 0 Å². The molecule has 0 amide bonds. The first-order valence-electron chi connectivity index (χ1n) is 10.1. The predicted octanol–water partition coefficient (Wildman–Crippen LogP) is 4.29. The molecule has 0 saturated carbocycles. The van der Waals surface area contributed by atoms with Crippen LogP contribution in [0.25, 0.3) is 0 Å². The fraction of sp³-hybridized carbons (Fsp3) is 0.435. The van der Waals surface area contributed by atoms with Crippen molar-refractivity contribution in [2.75, 3.05) is 26.2 Å². The first-order chi connectivity index (χ1) is 14.0. The Morgan fingerprint density at radius 2 is 2.07 bits per heavy atom. The number of hydrogen-bond acceptors (Lipinski definition) is 4. The molecule has 2 aliphatic heterocycles. The first kappa shape index (κ1) is 20.0. The molecule has 0 bridgehead atoms. The van der Waals surface area contributed by atoms with Gasteiger partial charge in [-0.3, -0.25) is 9.69 Å². The van der Waals surface area contributed by atoms with Gasteiger partial charge < -0.3 is 14.6 Å². The van der Waals surface area contributed by atoms with E-state index in [4.69, 9.17) is 26.2 Å². The summed E-state index contributed by atoms with van der Waals surface area (Å²) in [6.07, 6.45) is 2.73. The summed E-state index contributed by atoms with van der Waals surface area (Å²) in [6, 6.07) is 12.0. The quantitative estimate of drug-likeness (QED) is 0.762. The number of likely N-dealkylation sites (tertiary alicyclic amines) is 1. The summed E-state index contributed by atoms with van der Waals surface area (Å²) >= 11 is 6.36. The lowest BCUT2D eigenvalue weighted by atomic mass is 9.74. The molecule has 1 N–H and O–H groups in total. The van der Waals surface area contributed by atoms with Crippen molar-refractivity contribution < 1.29 is 19.4 Å². The molecule has 154 valence electrons. The zero-order valence-electron chi connectivity index (χ0n) is 16.6. The van der Waals surface area contributed by atoms with Crippen LogP contribution in [0.15, 0.2) is 36.4 Å². The molecule has 2 aromatic carbocycles. The van der Waals surface area contributed by atoms with E-state index >= 15 is 0 Å². The maximum absolute atomic E-state index is 11.0. The van der Waals surface area contributed by atoms with Gasteiger partial charge in [-0.1, -0.05) is 36.7 Å². The topological polar surface area (TPSA) is 59.0 Å². The monoisotopic (exact) mass is 415 g/mol. The molecule has 29 heavy (non-hydrogen) atoms. The molecule has 5 nitrogen and oxygen atoms in total. The third kappa shape index (κ3) is 4.07. The maximum atomic E-state index is 11.0. The number of hydrogen-bond donors (Lipinski definition) is 1. The summed E-state index contributed by atoms with van der Waals surface area (Å²) in [4.78, 5) is 13.0. The average Bonchev–Trinajstić information content (AvgIpc) is 3.06. The van der Waals surface area contributed by atoms with Crippen LogP contribution >= 0.6 is 11.6 Å². The van der Waals surface area contributed by atoms with E-state index in [1.165, 1.54) is 11.1 Å². The molecule has 0 radical (unpaired) electrons. The van der Waals surface area contributed by atoms with Crippen molar-refractivity contribution in [1.82, 2.24) is 4.90 Å². The number of carbonyl (C=O) groups is 1. The standard InChI is InChI=1S/C23H26ClNO4/c1-2-16-4-3-5-20(24)18(16)14-28-17-6-7-19-21(12-17)29-15-23(19)8-10-25(11-9-23)13-22(26)27/h3-7,12H,2,8-11,13-15H2,1H3,(H,26,27). The molecule has 1 fully saturated rings. The van der Waals surface area contributed by atoms with Gasteiger partial charge in [0.1, 0.15) is 18.1 Å². The number of rotatable bonds is 6. The highest BCUT2D eigenvalue weighted by Gasteiger charge is 2.43. The van der Waals surface area contributed by atoms with Gasteiger partial charge >= 0.3 is 5.97 Å². The van der Waals surface area contributed by atoms with Crippen molar-refractivity contribution >= 4 is 17.6 Å². The number of nitrogens with zero attached hydrogens (tertiary/aromatic N) is 1. The van der Waals surface area contributed by atoms with Gasteiger partial charge in [0.05, 0.1) is 13.2 Å². The Balaban J connectivity index is 1.45. The van der Waals surface area contributed by atoms with Gasteiger partial charge in [0, 0.05) is 27.6 Å². The Hall–Kier alpha value is -2.24. The van der Waals surface area contributed by atoms with E-state index in [1.54, 1.807) is 0 Å². The lowest BCUT2D eigenvalue weighted by Crippen LogP contribution is -2.45. The SMILES string of the molecule is CCc1cccc(Cl)c1COc1ccc2c(c1)OCC21CCN(CC(=O)O)CC1. The van der Waals surface area contributed by atoms with E-state index in [0.717, 1.165) is 54.4 Å². The van der Waals surface area contributed by atoms with Crippen LogP contribution in [0.5, 0.6) is 11.5 Å². The third-order valence-corrected chi connectivity index (χ3v) is 6.53. The average molecular weight is 416 g/mol. The number of halogens is 1. The van der Waals surface area contributed by atoms with Crippen LogP contribution in [0.2, 0.25) is 5.02 Å². The van der Waals surface area contributed by atoms with Crippen molar-refractivity contribution in [2.45, 2.75) is 38.2 Å². The molecule has 2 aromatic rings. The summed E-state index contributed by atoms with van der Waals surface area (Å²) < 4.78 is 12.1. The van der Waals surface area contributed by atoms with Crippen molar-refractivity contribution in [1.29, 1.82) is 0 Å². The number of ether oxygens (including phenoxy) is 2. The van der Waals surface area contributed by atoms with Crippen molar-refractivity contribution in [3.63, 3.8) is 0 Å². The van der Waals surface area contributed by atoms with Crippen LogP contribution in [0.1, 0.15) is 36.5 Å². The molecule has 1 spiro atoms. The minimum Gasteiger partial charge on any atom is -0.492 e. The molecule has 2 aliphatic rings. The second kappa shape index (κ2) is 8.25. The summed E-state index contributed by atoms with van der Waals surface area (Å²) in [6.45, 7) is 4.85. The molecule has 6 heteroatoms. The third-order valence-electron chi connectivity index (χ3n) is 6.18. The van der Waals surface area contributed by atoms with E-state index in [0.29, 0.717) is 13.2 Å². The summed E-state index contributed by atoms with van der Waals surface area (Å²) in [5.41, 5.74) is 3.43. The zero-order chi connectivity index (χ0) is 20.4. The summed E-state index contributed by atoms with van der Waals surface area (Å²) in [7, 11) is 0. The van der Waals surface area contributed by atoms with Gasteiger partial charge in [-0.15, -0.1) is 0 Å². The second-order valence-corrected chi connectivity index (χ2v) is 8.32. The summed E-state index contributed by atoms with van der Waals surface area (Å²) in [5.74, 6) is 0.880. The number of benzene rings is 2. The van der Waals surface area contributed by atoms with E-state index < -0.39 is 5.97 Å². The number of piperidine rings is 1. The van der Waals surface area contributed by atoms with Gasteiger partial charge in [-0.25, -0.2) is 0 Å². The molecule has 4 rings (SSSR count). The molecule has 1 saturated heterocycles. The molecule has 0 aromatic heterocycles. The van der Waals surface area contributed by atoms with Gasteiger partial charge in [-0.05, 0) is 50.0 Å². The normalized spacial score (nSPS) is 17.7. The number of carboxylic acid groups (broad SMARTS) is 1. The van der Waals surface area contributed by atoms with Crippen molar-refractivity contribution in [2.24, 2.45) is 0 Å². The zero-order valence-corrected chi connectivity index (χ0v) is 17.4. The maximum Gasteiger partial charge on any atom is 0.317 e. The smallest absolute Gasteiger partial charge is 0.317 e. The molecule has 2 heterocycles. The van der Waals surface area contributed by atoms with Crippen LogP contribution in [0, 0.1) is 0 Å². The highest BCUT2D eigenvalue weighted by atomic mass is 35.5. The Morgan fingerprint density at radius 1 is 1.28 bits per heavy atom. The van der Waals surface area contributed by atoms with Gasteiger partial charge in [0.15, 0.2) is 0 Å². The van der Waals surface area contributed by atoms with Gasteiger partial charge in [0.25, 0.3) is 0 Å². The molecule has 0 unspecified atom stereocenters. The fourth-order valence-electron chi connectivity index (χ4n) is 4.44. The van der Waals surface area contributed by atoms with E-state index in [1.807, 2.05) is 29.2 Å². The number of carboxylic acids is 1. The fourth-order valence-corrected chi connectivity index (χ4v) is 4.69.